The maximum atomic E-state index is 12.9. The zero-order valence-corrected chi connectivity index (χ0v) is 13.4. The second kappa shape index (κ2) is 6.28. The lowest BCUT2D eigenvalue weighted by atomic mass is 10.2. The first-order valence-corrected chi connectivity index (χ1v) is 7.74. The number of rotatable bonds is 4. The van der Waals surface area contributed by atoms with E-state index in [1.54, 1.807) is 14.2 Å². The van der Waals surface area contributed by atoms with Gasteiger partial charge >= 0.3 is 0 Å². The second-order valence-corrected chi connectivity index (χ2v) is 5.48. The van der Waals surface area contributed by atoms with Crippen molar-refractivity contribution in [3.8, 4) is 5.75 Å². The van der Waals surface area contributed by atoms with Gasteiger partial charge in [-0.2, -0.15) is 0 Å². The number of ether oxygens (including phenoxy) is 1. The molecule has 2 amide bonds. The van der Waals surface area contributed by atoms with E-state index in [-0.39, 0.29) is 5.91 Å². The average molecular weight is 316 g/mol. The largest absolute Gasteiger partial charge is 0.490 e. The van der Waals surface area contributed by atoms with Crippen LogP contribution in [0.5, 0.6) is 5.75 Å². The summed E-state index contributed by atoms with van der Waals surface area (Å²) in [6, 6.07) is 3.70. The van der Waals surface area contributed by atoms with E-state index in [0.717, 1.165) is 6.41 Å². The zero-order chi connectivity index (χ0) is 16.4. The third kappa shape index (κ3) is 2.74. The van der Waals surface area contributed by atoms with Crippen molar-refractivity contribution in [1.29, 1.82) is 0 Å². The molecule has 7 nitrogen and oxygen atoms in total. The van der Waals surface area contributed by atoms with Gasteiger partial charge in [-0.25, -0.2) is 4.98 Å². The molecule has 0 unspecified atom stereocenters. The lowest BCUT2D eigenvalue weighted by Crippen LogP contribution is -2.48. The molecule has 0 bridgehead atoms. The summed E-state index contributed by atoms with van der Waals surface area (Å²) in [5.74, 6) is 0.608. The van der Waals surface area contributed by atoms with Gasteiger partial charge in [0.05, 0.1) is 12.3 Å². The summed E-state index contributed by atoms with van der Waals surface area (Å²) in [7, 11) is 0. The molecule has 23 heavy (non-hydrogen) atoms. The minimum absolute atomic E-state index is 0.0609. The van der Waals surface area contributed by atoms with Crippen molar-refractivity contribution >= 4 is 18.0 Å². The molecule has 0 aromatic carbocycles. The molecule has 0 aliphatic carbocycles. The number of amides is 2. The number of nitrogens with zero attached hydrogens (tertiary/aromatic N) is 4. The molecule has 2 aromatic heterocycles. The molecule has 0 spiro atoms. The van der Waals surface area contributed by atoms with Gasteiger partial charge < -0.3 is 14.5 Å². The van der Waals surface area contributed by atoms with Gasteiger partial charge in [-0.3, -0.25) is 14.0 Å². The Morgan fingerprint density at radius 1 is 1.35 bits per heavy atom. The first-order chi connectivity index (χ1) is 11.2. The van der Waals surface area contributed by atoms with Gasteiger partial charge in [0.25, 0.3) is 5.91 Å². The maximum Gasteiger partial charge on any atom is 0.272 e. The Balaban J connectivity index is 1.93. The molecule has 0 N–H and O–H groups in total. The molecule has 2 aromatic rings. The summed E-state index contributed by atoms with van der Waals surface area (Å²) in [4.78, 5) is 31.6. The molecule has 0 atom stereocenters. The number of carbonyl (C=O) groups excluding carboxylic acids is 2. The Hall–Kier alpha value is -2.57. The van der Waals surface area contributed by atoms with E-state index in [2.05, 4.69) is 4.98 Å². The first kappa shape index (κ1) is 15.3. The highest BCUT2D eigenvalue weighted by atomic mass is 16.5. The molecule has 1 aliphatic heterocycles. The van der Waals surface area contributed by atoms with Crippen LogP contribution >= 0.6 is 0 Å². The number of pyridine rings is 1. The molecule has 0 radical (unpaired) electrons. The smallest absolute Gasteiger partial charge is 0.272 e. The van der Waals surface area contributed by atoms with Crippen molar-refractivity contribution in [2.24, 2.45) is 0 Å². The predicted octanol–water partition coefficient (Wildman–Crippen LogP) is 0.956. The van der Waals surface area contributed by atoms with E-state index in [1.165, 1.54) is 0 Å². The Labute approximate surface area is 134 Å². The molecular formula is C16H20N4O3. The van der Waals surface area contributed by atoms with Crippen LogP contribution in [0, 0.1) is 6.92 Å². The normalized spacial score (nSPS) is 15.0. The quantitative estimate of drug-likeness (QED) is 0.788. The second-order valence-electron chi connectivity index (χ2n) is 5.48. The van der Waals surface area contributed by atoms with Crippen molar-refractivity contribution in [2.45, 2.75) is 13.8 Å². The van der Waals surface area contributed by atoms with Crippen molar-refractivity contribution in [3.05, 3.63) is 29.7 Å². The van der Waals surface area contributed by atoms with E-state index >= 15 is 0 Å². The van der Waals surface area contributed by atoms with E-state index in [1.807, 2.05) is 32.2 Å². The van der Waals surface area contributed by atoms with E-state index in [9.17, 15) is 9.59 Å². The van der Waals surface area contributed by atoms with Gasteiger partial charge in [0.1, 0.15) is 5.69 Å². The van der Waals surface area contributed by atoms with Gasteiger partial charge in [0.2, 0.25) is 6.41 Å². The summed E-state index contributed by atoms with van der Waals surface area (Å²) in [5, 5.41) is 0. The SMILES string of the molecule is CCOc1cccn2c(C(=O)N3CCN(C=O)CC3)c(C)nc12. The Kier molecular flexibility index (Phi) is 4.18. The minimum atomic E-state index is -0.0609. The highest BCUT2D eigenvalue weighted by Gasteiger charge is 2.26. The number of aryl methyl sites for hydroxylation is 1. The lowest BCUT2D eigenvalue weighted by Gasteiger charge is -2.32. The van der Waals surface area contributed by atoms with Crippen LogP contribution in [-0.4, -0.2) is 64.3 Å². The molecule has 122 valence electrons. The monoisotopic (exact) mass is 316 g/mol. The highest BCUT2D eigenvalue weighted by molar-refractivity contribution is 5.95. The lowest BCUT2D eigenvalue weighted by molar-refractivity contribution is -0.119. The summed E-state index contributed by atoms with van der Waals surface area (Å²) >= 11 is 0. The standard InChI is InChI=1S/C16H20N4O3/c1-3-23-13-5-4-6-20-14(12(2)17-15(13)20)16(22)19-9-7-18(11-21)8-10-19/h4-6,11H,3,7-10H2,1-2H3. The third-order valence-corrected chi connectivity index (χ3v) is 4.04. The molecule has 1 saturated heterocycles. The number of fused-ring (bicyclic) bond motifs is 1. The van der Waals surface area contributed by atoms with Gasteiger partial charge in [-0.15, -0.1) is 0 Å². The summed E-state index contributed by atoms with van der Waals surface area (Å²) in [6.45, 7) is 6.49. The summed E-state index contributed by atoms with van der Waals surface area (Å²) in [6.07, 6.45) is 2.66. The number of imidazole rings is 1. The van der Waals surface area contributed by atoms with Crippen molar-refractivity contribution in [3.63, 3.8) is 0 Å². The molecule has 7 heteroatoms. The van der Waals surface area contributed by atoms with Gasteiger partial charge in [-0.05, 0) is 26.0 Å². The van der Waals surface area contributed by atoms with E-state index in [0.29, 0.717) is 55.6 Å². The molecule has 0 saturated carbocycles. The minimum Gasteiger partial charge on any atom is -0.490 e. The number of hydrogen-bond acceptors (Lipinski definition) is 4. The number of hydrogen-bond donors (Lipinski definition) is 0. The molecular weight excluding hydrogens is 296 g/mol. The third-order valence-electron chi connectivity index (χ3n) is 4.04. The Bertz CT molecular complexity index is 732. The first-order valence-electron chi connectivity index (χ1n) is 7.74. The topological polar surface area (TPSA) is 67.2 Å². The van der Waals surface area contributed by atoms with Gasteiger partial charge in [0.15, 0.2) is 11.4 Å². The van der Waals surface area contributed by atoms with E-state index < -0.39 is 0 Å². The Morgan fingerprint density at radius 2 is 2.09 bits per heavy atom. The number of piperazine rings is 1. The summed E-state index contributed by atoms with van der Waals surface area (Å²) in [5.41, 5.74) is 1.89. The van der Waals surface area contributed by atoms with Crippen LogP contribution in [-0.2, 0) is 4.79 Å². The number of carbonyl (C=O) groups is 2. The average Bonchev–Trinajstić information content (AvgIpc) is 2.91. The zero-order valence-electron chi connectivity index (χ0n) is 13.4. The van der Waals surface area contributed by atoms with Crippen molar-refractivity contribution in [2.75, 3.05) is 32.8 Å². The van der Waals surface area contributed by atoms with Crippen LogP contribution in [0.4, 0.5) is 0 Å². The van der Waals surface area contributed by atoms with Crippen molar-refractivity contribution < 1.29 is 14.3 Å². The summed E-state index contributed by atoms with van der Waals surface area (Å²) < 4.78 is 7.37. The fraction of sp³-hybridized carbons (Fsp3) is 0.438. The van der Waals surface area contributed by atoms with Gasteiger partial charge in [0, 0.05) is 32.4 Å². The van der Waals surface area contributed by atoms with E-state index in [4.69, 9.17) is 4.74 Å². The van der Waals surface area contributed by atoms with Crippen LogP contribution < -0.4 is 4.74 Å². The molecule has 1 fully saturated rings. The molecule has 1 aliphatic rings. The van der Waals surface area contributed by atoms with Gasteiger partial charge in [-0.1, -0.05) is 0 Å². The highest BCUT2D eigenvalue weighted by Crippen LogP contribution is 2.23. The van der Waals surface area contributed by atoms with Crippen LogP contribution in [0.2, 0.25) is 0 Å². The van der Waals surface area contributed by atoms with Crippen LogP contribution in [0.1, 0.15) is 23.1 Å². The van der Waals surface area contributed by atoms with Crippen LogP contribution in [0.25, 0.3) is 5.65 Å². The van der Waals surface area contributed by atoms with Crippen LogP contribution in [0.3, 0.4) is 0 Å². The maximum absolute atomic E-state index is 12.9. The Morgan fingerprint density at radius 3 is 2.74 bits per heavy atom. The predicted molar refractivity (Wildman–Crippen MR) is 84.6 cm³/mol. The molecule has 3 rings (SSSR count). The van der Waals surface area contributed by atoms with Crippen molar-refractivity contribution in [1.82, 2.24) is 19.2 Å². The number of aromatic nitrogens is 2. The molecule has 3 heterocycles. The van der Waals surface area contributed by atoms with Crippen LogP contribution in [0.15, 0.2) is 18.3 Å². The fourth-order valence-corrected chi connectivity index (χ4v) is 2.86. The fourth-order valence-electron chi connectivity index (χ4n) is 2.86.